The molecule has 0 aliphatic rings. The van der Waals surface area contributed by atoms with Gasteiger partial charge in [0.1, 0.15) is 0 Å². The number of rotatable bonds is 4. The molecule has 2 aromatic rings. The molecule has 0 atom stereocenters. The highest BCUT2D eigenvalue weighted by atomic mass is 79.9. The van der Waals surface area contributed by atoms with Crippen molar-refractivity contribution in [3.63, 3.8) is 0 Å². The lowest BCUT2D eigenvalue weighted by atomic mass is 10.2. The zero-order valence-corrected chi connectivity index (χ0v) is 12.1. The lowest BCUT2D eigenvalue weighted by Crippen LogP contribution is -2.15. The van der Waals surface area contributed by atoms with E-state index in [1.165, 1.54) is 19.9 Å². The molecule has 0 bridgehead atoms. The van der Waals surface area contributed by atoms with Gasteiger partial charge < -0.3 is 10.6 Å². The molecular weight excluding hydrogens is 296 g/mol. The molecule has 0 saturated heterocycles. The molecule has 0 unspecified atom stereocenters. The third-order valence-electron chi connectivity index (χ3n) is 2.63. The number of nitrogens with two attached hydrogens (primary N) is 1. The van der Waals surface area contributed by atoms with Crippen LogP contribution >= 0.6 is 27.3 Å². The molecule has 90 valence electrons. The van der Waals surface area contributed by atoms with Crippen molar-refractivity contribution in [1.82, 2.24) is 0 Å². The van der Waals surface area contributed by atoms with E-state index in [0.29, 0.717) is 6.54 Å². The van der Waals surface area contributed by atoms with Crippen LogP contribution in [0.5, 0.6) is 0 Å². The Morgan fingerprint density at radius 1 is 1.18 bits per heavy atom. The summed E-state index contributed by atoms with van der Waals surface area (Å²) in [6.07, 6.45) is 0. The van der Waals surface area contributed by atoms with Gasteiger partial charge in [-0.2, -0.15) is 0 Å². The largest absolute Gasteiger partial charge is 0.369 e. The maximum Gasteiger partial charge on any atom is 0.0702 e. The van der Waals surface area contributed by atoms with E-state index in [4.69, 9.17) is 5.73 Å². The molecule has 1 aromatic carbocycles. The van der Waals surface area contributed by atoms with Gasteiger partial charge in [-0.25, -0.2) is 0 Å². The van der Waals surface area contributed by atoms with E-state index in [-0.39, 0.29) is 0 Å². The molecular formula is C13H15BrN2S. The summed E-state index contributed by atoms with van der Waals surface area (Å²) >= 11 is 5.26. The van der Waals surface area contributed by atoms with Gasteiger partial charge in [-0.3, -0.25) is 0 Å². The van der Waals surface area contributed by atoms with Gasteiger partial charge in [0.05, 0.1) is 10.3 Å². The number of anilines is 1. The molecule has 0 radical (unpaired) electrons. The van der Waals surface area contributed by atoms with Gasteiger partial charge in [-0.1, -0.05) is 12.1 Å². The van der Waals surface area contributed by atoms with Crippen LogP contribution in [0.15, 0.2) is 40.2 Å². The molecule has 0 aliphatic carbocycles. The number of hydrogen-bond acceptors (Lipinski definition) is 3. The number of benzene rings is 1. The first-order valence-electron chi connectivity index (χ1n) is 5.43. The quantitative estimate of drug-likeness (QED) is 0.935. The smallest absolute Gasteiger partial charge is 0.0702 e. The van der Waals surface area contributed by atoms with Gasteiger partial charge in [-0.05, 0) is 45.8 Å². The Kier molecular flexibility index (Phi) is 4.20. The minimum absolute atomic E-state index is 0.599. The molecule has 0 saturated carbocycles. The molecule has 2 rings (SSSR count). The second-order valence-corrected chi connectivity index (χ2v) is 6.48. The first-order valence-corrected chi connectivity index (χ1v) is 7.04. The summed E-state index contributed by atoms with van der Waals surface area (Å²) in [6, 6.07) is 12.6. The number of nitrogens with zero attached hydrogens (tertiary/aromatic N) is 1. The molecule has 0 amide bonds. The van der Waals surface area contributed by atoms with Crippen LogP contribution in [0.4, 0.5) is 5.69 Å². The summed E-state index contributed by atoms with van der Waals surface area (Å²) < 4.78 is 1.18. The topological polar surface area (TPSA) is 29.3 Å². The number of halogens is 1. The van der Waals surface area contributed by atoms with Crippen molar-refractivity contribution in [2.24, 2.45) is 5.73 Å². The average Bonchev–Trinajstić information content (AvgIpc) is 2.75. The zero-order chi connectivity index (χ0) is 12.3. The molecule has 17 heavy (non-hydrogen) atoms. The van der Waals surface area contributed by atoms with Crippen molar-refractivity contribution in [3.8, 4) is 0 Å². The predicted octanol–water partition coefficient (Wildman–Crippen LogP) is 3.61. The van der Waals surface area contributed by atoms with E-state index in [0.717, 1.165) is 6.54 Å². The molecule has 0 fully saturated rings. The fourth-order valence-corrected chi connectivity index (χ4v) is 3.19. The van der Waals surface area contributed by atoms with Gasteiger partial charge >= 0.3 is 0 Å². The van der Waals surface area contributed by atoms with Gasteiger partial charge in [-0.15, -0.1) is 11.3 Å². The third-order valence-corrected chi connectivity index (χ3v) is 4.24. The van der Waals surface area contributed by atoms with Crippen LogP contribution in [0, 0.1) is 0 Å². The van der Waals surface area contributed by atoms with Crippen molar-refractivity contribution in [2.75, 3.05) is 11.9 Å². The summed E-state index contributed by atoms with van der Waals surface area (Å²) in [5.74, 6) is 0. The molecule has 2 nitrogen and oxygen atoms in total. The summed E-state index contributed by atoms with van der Waals surface area (Å²) in [5, 5.41) is 0. The lowest BCUT2D eigenvalue weighted by molar-refractivity contribution is 0.938. The normalized spacial score (nSPS) is 10.5. The Morgan fingerprint density at radius 2 is 1.88 bits per heavy atom. The van der Waals surface area contributed by atoms with Crippen LogP contribution in [0.2, 0.25) is 0 Å². The predicted molar refractivity (Wildman–Crippen MR) is 78.5 cm³/mol. The monoisotopic (exact) mass is 310 g/mol. The highest BCUT2D eigenvalue weighted by molar-refractivity contribution is 9.11. The summed E-state index contributed by atoms with van der Waals surface area (Å²) in [7, 11) is 2.10. The second kappa shape index (κ2) is 5.67. The van der Waals surface area contributed by atoms with E-state index < -0.39 is 0 Å². The Bertz CT molecular complexity index is 478. The van der Waals surface area contributed by atoms with Crippen LogP contribution in [0.1, 0.15) is 10.4 Å². The lowest BCUT2D eigenvalue weighted by Gasteiger charge is -2.18. The highest BCUT2D eigenvalue weighted by Gasteiger charge is 2.04. The Balaban J connectivity index is 2.06. The Hall–Kier alpha value is -0.840. The summed E-state index contributed by atoms with van der Waals surface area (Å²) in [6.45, 7) is 1.53. The van der Waals surface area contributed by atoms with Crippen LogP contribution < -0.4 is 10.6 Å². The van der Waals surface area contributed by atoms with Gasteiger partial charge in [0.2, 0.25) is 0 Å². The van der Waals surface area contributed by atoms with Crippen molar-refractivity contribution < 1.29 is 0 Å². The maximum atomic E-state index is 5.59. The standard InChI is InChI=1S/C13H15BrN2S/c1-16(9-12-6-7-13(14)17-12)11-4-2-10(8-15)3-5-11/h2-7H,8-9,15H2,1H3. The van der Waals surface area contributed by atoms with Crippen LogP contribution in [-0.4, -0.2) is 7.05 Å². The van der Waals surface area contributed by atoms with Gasteiger partial charge in [0.25, 0.3) is 0 Å². The fraction of sp³-hybridized carbons (Fsp3) is 0.231. The van der Waals surface area contributed by atoms with Crippen molar-refractivity contribution >= 4 is 33.0 Å². The van der Waals surface area contributed by atoms with Crippen LogP contribution in [0.25, 0.3) is 0 Å². The third kappa shape index (κ3) is 3.31. The SMILES string of the molecule is CN(Cc1ccc(Br)s1)c1ccc(CN)cc1. The van der Waals surface area contributed by atoms with E-state index >= 15 is 0 Å². The van der Waals surface area contributed by atoms with E-state index in [2.05, 4.69) is 64.3 Å². The van der Waals surface area contributed by atoms with Crippen molar-refractivity contribution in [1.29, 1.82) is 0 Å². The molecule has 1 aromatic heterocycles. The van der Waals surface area contributed by atoms with Gasteiger partial charge in [0, 0.05) is 24.2 Å². The van der Waals surface area contributed by atoms with Gasteiger partial charge in [0.15, 0.2) is 0 Å². The molecule has 0 spiro atoms. The molecule has 1 heterocycles. The fourth-order valence-electron chi connectivity index (χ4n) is 1.65. The van der Waals surface area contributed by atoms with E-state index in [1.54, 1.807) is 11.3 Å². The Labute approximate surface area is 114 Å². The second-order valence-electron chi connectivity index (χ2n) is 3.93. The minimum Gasteiger partial charge on any atom is -0.369 e. The van der Waals surface area contributed by atoms with E-state index in [1.807, 2.05) is 0 Å². The molecule has 0 aliphatic heterocycles. The maximum absolute atomic E-state index is 5.59. The van der Waals surface area contributed by atoms with Crippen molar-refractivity contribution in [2.45, 2.75) is 13.1 Å². The summed E-state index contributed by atoms with van der Waals surface area (Å²) in [4.78, 5) is 3.58. The van der Waals surface area contributed by atoms with Crippen LogP contribution in [0.3, 0.4) is 0 Å². The summed E-state index contributed by atoms with van der Waals surface area (Å²) in [5.41, 5.74) is 7.97. The Morgan fingerprint density at radius 3 is 2.41 bits per heavy atom. The zero-order valence-electron chi connectivity index (χ0n) is 9.69. The van der Waals surface area contributed by atoms with E-state index in [9.17, 15) is 0 Å². The highest BCUT2D eigenvalue weighted by Crippen LogP contribution is 2.24. The molecule has 4 heteroatoms. The van der Waals surface area contributed by atoms with Crippen molar-refractivity contribution in [3.05, 3.63) is 50.6 Å². The molecule has 2 N–H and O–H groups in total. The minimum atomic E-state index is 0.599. The first kappa shape index (κ1) is 12.6. The number of hydrogen-bond donors (Lipinski definition) is 1. The average molecular weight is 311 g/mol. The first-order chi connectivity index (χ1) is 8.19. The van der Waals surface area contributed by atoms with Crippen LogP contribution in [-0.2, 0) is 13.1 Å². The number of thiophene rings is 1.